The van der Waals surface area contributed by atoms with Gasteiger partial charge in [0.25, 0.3) is 0 Å². The van der Waals surface area contributed by atoms with Crippen molar-refractivity contribution < 1.29 is 9.53 Å². The van der Waals surface area contributed by atoms with Gasteiger partial charge >= 0.3 is 0 Å². The summed E-state index contributed by atoms with van der Waals surface area (Å²) >= 11 is 3.10. The Bertz CT molecular complexity index is 1330. The topological polar surface area (TPSA) is 65.0 Å². The number of ketones is 1. The van der Waals surface area contributed by atoms with Crippen molar-refractivity contribution in [3.8, 4) is 0 Å². The molecule has 0 bridgehead atoms. The lowest BCUT2D eigenvalue weighted by Crippen LogP contribution is -2.32. The van der Waals surface area contributed by atoms with E-state index in [4.69, 9.17) is 9.72 Å². The fourth-order valence-electron chi connectivity index (χ4n) is 4.23. The molecule has 0 atom stereocenters. The summed E-state index contributed by atoms with van der Waals surface area (Å²) in [6, 6.07) is 9.40. The Morgan fingerprint density at radius 3 is 2.72 bits per heavy atom. The van der Waals surface area contributed by atoms with Crippen molar-refractivity contribution in [3.63, 3.8) is 0 Å². The van der Waals surface area contributed by atoms with Crippen LogP contribution in [0.3, 0.4) is 0 Å². The highest BCUT2D eigenvalue weighted by molar-refractivity contribution is 8.00. The minimum absolute atomic E-state index is 0.0972. The van der Waals surface area contributed by atoms with Crippen LogP contribution in [-0.4, -0.2) is 32.1 Å². The SMILES string of the molecule is CC(C)c1nc2sc3c(SCC(=O)c4ccccc4)ncnc3c2c2c1COC(C)(C)C2. The zero-order valence-electron chi connectivity index (χ0n) is 18.6. The summed E-state index contributed by atoms with van der Waals surface area (Å²) in [5.74, 6) is 0.750. The molecule has 3 aromatic heterocycles. The predicted molar refractivity (Wildman–Crippen MR) is 131 cm³/mol. The van der Waals surface area contributed by atoms with E-state index in [1.54, 1.807) is 17.7 Å². The Balaban J connectivity index is 1.61. The smallest absolute Gasteiger partial charge is 0.173 e. The summed E-state index contributed by atoms with van der Waals surface area (Å²) in [6.07, 6.45) is 2.43. The van der Waals surface area contributed by atoms with E-state index in [0.717, 1.165) is 43.1 Å². The van der Waals surface area contributed by atoms with Crippen LogP contribution in [0.15, 0.2) is 41.7 Å². The van der Waals surface area contributed by atoms with Crippen molar-refractivity contribution in [1.82, 2.24) is 15.0 Å². The van der Waals surface area contributed by atoms with E-state index in [0.29, 0.717) is 18.3 Å². The summed E-state index contributed by atoms with van der Waals surface area (Å²) in [5.41, 5.74) is 5.05. The molecule has 32 heavy (non-hydrogen) atoms. The second kappa shape index (κ2) is 8.21. The van der Waals surface area contributed by atoms with Gasteiger partial charge in [0.2, 0.25) is 0 Å². The monoisotopic (exact) mass is 463 g/mol. The van der Waals surface area contributed by atoms with Crippen molar-refractivity contribution >= 4 is 49.3 Å². The lowest BCUT2D eigenvalue weighted by Gasteiger charge is -2.33. The quantitative estimate of drug-likeness (QED) is 0.200. The first-order chi connectivity index (χ1) is 15.3. The first kappa shape index (κ1) is 21.5. The second-order valence-corrected chi connectivity index (χ2v) is 11.0. The number of hydrogen-bond donors (Lipinski definition) is 0. The molecule has 4 heterocycles. The number of ether oxygens (including phenoxy) is 1. The molecule has 4 aromatic rings. The van der Waals surface area contributed by atoms with Crippen molar-refractivity contribution in [2.24, 2.45) is 0 Å². The van der Waals surface area contributed by atoms with Crippen LogP contribution in [0.4, 0.5) is 0 Å². The summed E-state index contributed by atoms with van der Waals surface area (Å²) in [7, 11) is 0. The van der Waals surface area contributed by atoms with E-state index in [1.807, 2.05) is 30.3 Å². The zero-order chi connectivity index (χ0) is 22.5. The van der Waals surface area contributed by atoms with E-state index >= 15 is 0 Å². The van der Waals surface area contributed by atoms with Gasteiger partial charge in [-0.1, -0.05) is 55.9 Å². The third-order valence-electron chi connectivity index (χ3n) is 5.81. The Morgan fingerprint density at radius 1 is 1.19 bits per heavy atom. The molecule has 0 saturated heterocycles. The fraction of sp³-hybridized carbons (Fsp3) is 0.360. The van der Waals surface area contributed by atoms with Crippen LogP contribution in [0.25, 0.3) is 20.4 Å². The minimum atomic E-state index is -0.226. The fourth-order valence-corrected chi connectivity index (χ4v) is 6.37. The normalized spacial score (nSPS) is 15.4. The van der Waals surface area contributed by atoms with E-state index < -0.39 is 0 Å². The van der Waals surface area contributed by atoms with Gasteiger partial charge in [-0.3, -0.25) is 4.79 Å². The summed E-state index contributed by atoms with van der Waals surface area (Å²) < 4.78 is 7.15. The number of rotatable bonds is 5. The van der Waals surface area contributed by atoms with E-state index in [9.17, 15) is 4.79 Å². The molecule has 7 heteroatoms. The van der Waals surface area contributed by atoms with Gasteiger partial charge in [0.15, 0.2) is 5.78 Å². The highest BCUT2D eigenvalue weighted by Crippen LogP contribution is 2.43. The molecule has 0 amide bonds. The van der Waals surface area contributed by atoms with Gasteiger partial charge in [-0.25, -0.2) is 15.0 Å². The van der Waals surface area contributed by atoms with Gasteiger partial charge in [0.1, 0.15) is 16.2 Å². The number of pyridine rings is 1. The largest absolute Gasteiger partial charge is 0.370 e. The van der Waals surface area contributed by atoms with Crippen LogP contribution >= 0.6 is 23.1 Å². The number of Topliss-reactive ketones (excluding diaryl/α,β-unsaturated/α-hetero) is 1. The zero-order valence-corrected chi connectivity index (χ0v) is 20.3. The van der Waals surface area contributed by atoms with Crippen molar-refractivity contribution in [2.75, 3.05) is 5.75 Å². The molecule has 0 spiro atoms. The number of benzene rings is 1. The molecule has 1 aliphatic rings. The lowest BCUT2D eigenvalue weighted by atomic mass is 9.87. The summed E-state index contributed by atoms with van der Waals surface area (Å²) in [5, 5.41) is 1.97. The maximum absolute atomic E-state index is 12.6. The third-order valence-corrected chi connectivity index (χ3v) is 8.01. The molecular weight excluding hydrogens is 438 g/mol. The molecule has 164 valence electrons. The third kappa shape index (κ3) is 3.83. The number of hydrogen-bond acceptors (Lipinski definition) is 7. The number of carbonyl (C=O) groups is 1. The highest BCUT2D eigenvalue weighted by atomic mass is 32.2. The van der Waals surface area contributed by atoms with Gasteiger partial charge in [-0.2, -0.15) is 0 Å². The molecule has 0 N–H and O–H groups in total. The molecule has 5 nitrogen and oxygen atoms in total. The molecule has 0 radical (unpaired) electrons. The molecule has 1 aromatic carbocycles. The molecule has 0 unspecified atom stereocenters. The highest BCUT2D eigenvalue weighted by Gasteiger charge is 2.32. The molecule has 0 saturated carbocycles. The van der Waals surface area contributed by atoms with Gasteiger partial charge in [-0.05, 0) is 25.3 Å². The standard InChI is InChI=1S/C25H25N3O2S2/c1-14(2)20-17-11-30-25(3,4)10-16(17)19-21-22(32-23(19)28-20)24(27-13-26-21)31-12-18(29)15-8-6-5-7-9-15/h5-9,13-14H,10-12H2,1-4H3. The molecular formula is C25H25N3O2S2. The van der Waals surface area contributed by atoms with E-state index in [1.165, 1.54) is 22.9 Å². The average Bonchev–Trinajstić information content (AvgIpc) is 3.16. The van der Waals surface area contributed by atoms with Crippen LogP contribution in [0.1, 0.15) is 60.8 Å². The number of thiophene rings is 1. The number of nitrogens with zero attached hydrogens (tertiary/aromatic N) is 3. The first-order valence-electron chi connectivity index (χ1n) is 10.8. The average molecular weight is 464 g/mol. The van der Waals surface area contributed by atoms with Crippen LogP contribution in [0.2, 0.25) is 0 Å². The lowest BCUT2D eigenvalue weighted by molar-refractivity contribution is -0.0402. The van der Waals surface area contributed by atoms with Gasteiger partial charge in [0, 0.05) is 22.9 Å². The molecule has 5 rings (SSSR count). The van der Waals surface area contributed by atoms with Crippen molar-refractivity contribution in [1.29, 1.82) is 0 Å². The van der Waals surface area contributed by atoms with E-state index in [-0.39, 0.29) is 11.4 Å². The van der Waals surface area contributed by atoms with E-state index in [2.05, 4.69) is 37.7 Å². The van der Waals surface area contributed by atoms with Gasteiger partial charge < -0.3 is 4.74 Å². The Labute approximate surface area is 195 Å². The number of aromatic nitrogens is 3. The maximum atomic E-state index is 12.6. The van der Waals surface area contributed by atoms with Crippen LogP contribution in [0.5, 0.6) is 0 Å². The molecule has 0 aliphatic carbocycles. The predicted octanol–water partition coefficient (Wildman–Crippen LogP) is 6.19. The number of thioether (sulfide) groups is 1. The van der Waals surface area contributed by atoms with Crippen LogP contribution in [-0.2, 0) is 17.8 Å². The van der Waals surface area contributed by atoms with Gasteiger partial charge in [0.05, 0.1) is 33.9 Å². The second-order valence-electron chi connectivity index (χ2n) is 9.05. The Hall–Kier alpha value is -2.35. The minimum Gasteiger partial charge on any atom is -0.370 e. The van der Waals surface area contributed by atoms with Crippen LogP contribution in [0, 0.1) is 0 Å². The van der Waals surface area contributed by atoms with Crippen LogP contribution < -0.4 is 0 Å². The molecule has 0 fully saturated rings. The first-order valence-corrected chi connectivity index (χ1v) is 12.6. The number of carbonyl (C=O) groups excluding carboxylic acids is 1. The summed E-state index contributed by atoms with van der Waals surface area (Å²) in [6.45, 7) is 9.21. The Morgan fingerprint density at radius 2 is 1.97 bits per heavy atom. The van der Waals surface area contributed by atoms with Crippen molar-refractivity contribution in [3.05, 3.63) is 59.0 Å². The maximum Gasteiger partial charge on any atom is 0.173 e. The Kier molecular flexibility index (Phi) is 5.51. The van der Waals surface area contributed by atoms with Gasteiger partial charge in [-0.15, -0.1) is 11.3 Å². The molecule has 1 aliphatic heterocycles. The summed E-state index contributed by atoms with van der Waals surface area (Å²) in [4.78, 5) is 27.9. The van der Waals surface area contributed by atoms with Crippen molar-refractivity contribution in [2.45, 2.75) is 57.3 Å². The number of fused-ring (bicyclic) bond motifs is 5.